The number of anilines is 1. The number of benzene rings is 1. The monoisotopic (exact) mass is 191 g/mol. The SMILES string of the molecule is Cn1ncc2cc(N)cc(C(=O)O)c21. The van der Waals surface area contributed by atoms with Crippen molar-refractivity contribution in [3.63, 3.8) is 0 Å². The molecule has 5 heteroatoms. The van der Waals surface area contributed by atoms with Gasteiger partial charge in [-0.05, 0) is 12.1 Å². The fourth-order valence-electron chi connectivity index (χ4n) is 1.51. The van der Waals surface area contributed by atoms with E-state index in [-0.39, 0.29) is 5.56 Å². The molecule has 2 aromatic rings. The maximum atomic E-state index is 10.9. The van der Waals surface area contributed by atoms with Crippen molar-refractivity contribution in [2.75, 3.05) is 5.73 Å². The summed E-state index contributed by atoms with van der Waals surface area (Å²) in [7, 11) is 1.70. The van der Waals surface area contributed by atoms with E-state index in [1.807, 2.05) is 0 Å². The number of carboxylic acid groups (broad SMARTS) is 1. The molecule has 0 aliphatic rings. The normalized spacial score (nSPS) is 10.6. The Labute approximate surface area is 79.7 Å². The third-order valence-corrected chi connectivity index (χ3v) is 2.09. The Morgan fingerprint density at radius 3 is 2.93 bits per heavy atom. The van der Waals surface area contributed by atoms with Crippen LogP contribution in [0.4, 0.5) is 5.69 Å². The molecule has 0 unspecified atom stereocenters. The Morgan fingerprint density at radius 1 is 1.57 bits per heavy atom. The van der Waals surface area contributed by atoms with Gasteiger partial charge in [-0.1, -0.05) is 0 Å². The minimum Gasteiger partial charge on any atom is -0.478 e. The minimum absolute atomic E-state index is 0.181. The van der Waals surface area contributed by atoms with E-state index in [4.69, 9.17) is 10.8 Å². The van der Waals surface area contributed by atoms with Crippen molar-refractivity contribution >= 4 is 22.6 Å². The lowest BCUT2D eigenvalue weighted by Crippen LogP contribution is -2.02. The van der Waals surface area contributed by atoms with E-state index in [0.29, 0.717) is 11.2 Å². The van der Waals surface area contributed by atoms with E-state index < -0.39 is 5.97 Å². The van der Waals surface area contributed by atoms with Gasteiger partial charge in [0, 0.05) is 18.1 Å². The van der Waals surface area contributed by atoms with Gasteiger partial charge in [-0.15, -0.1) is 0 Å². The summed E-state index contributed by atoms with van der Waals surface area (Å²) in [5.74, 6) is -0.995. The predicted octanol–water partition coefficient (Wildman–Crippen LogP) is 0.854. The molecule has 0 bridgehead atoms. The maximum absolute atomic E-state index is 10.9. The van der Waals surface area contributed by atoms with Gasteiger partial charge in [0.25, 0.3) is 0 Å². The van der Waals surface area contributed by atoms with Gasteiger partial charge in [-0.2, -0.15) is 5.10 Å². The van der Waals surface area contributed by atoms with Crippen molar-refractivity contribution < 1.29 is 9.90 Å². The van der Waals surface area contributed by atoms with Crippen LogP contribution in [0.2, 0.25) is 0 Å². The zero-order valence-corrected chi connectivity index (χ0v) is 7.56. The molecule has 72 valence electrons. The highest BCUT2D eigenvalue weighted by molar-refractivity contribution is 6.03. The van der Waals surface area contributed by atoms with Crippen molar-refractivity contribution in [1.82, 2.24) is 9.78 Å². The van der Waals surface area contributed by atoms with Gasteiger partial charge in [0.05, 0.1) is 17.3 Å². The molecule has 2 rings (SSSR count). The number of hydrogen-bond donors (Lipinski definition) is 2. The van der Waals surface area contributed by atoms with E-state index in [0.717, 1.165) is 5.39 Å². The molecule has 3 N–H and O–H groups in total. The summed E-state index contributed by atoms with van der Waals surface area (Å²) in [6, 6.07) is 3.14. The van der Waals surface area contributed by atoms with Crippen LogP contribution in [0.1, 0.15) is 10.4 Å². The number of carboxylic acids is 1. The molecule has 0 aliphatic carbocycles. The molecule has 1 aromatic carbocycles. The quantitative estimate of drug-likeness (QED) is 0.655. The van der Waals surface area contributed by atoms with Crippen LogP contribution in [-0.4, -0.2) is 20.9 Å². The average Bonchev–Trinajstić information content (AvgIpc) is 2.46. The summed E-state index contributed by atoms with van der Waals surface area (Å²) in [6.45, 7) is 0. The number of carbonyl (C=O) groups is 1. The number of nitrogen functional groups attached to an aromatic ring is 1. The summed E-state index contributed by atoms with van der Waals surface area (Å²) in [6.07, 6.45) is 1.60. The maximum Gasteiger partial charge on any atom is 0.337 e. The highest BCUT2D eigenvalue weighted by Gasteiger charge is 2.12. The Kier molecular flexibility index (Phi) is 1.67. The Bertz CT molecular complexity index is 516. The molecule has 5 nitrogen and oxygen atoms in total. The van der Waals surface area contributed by atoms with Crippen LogP contribution in [0.15, 0.2) is 18.3 Å². The molecule has 1 aromatic heterocycles. The van der Waals surface area contributed by atoms with Crippen LogP contribution >= 0.6 is 0 Å². The van der Waals surface area contributed by atoms with E-state index in [1.54, 1.807) is 19.3 Å². The first-order valence-corrected chi connectivity index (χ1v) is 4.04. The lowest BCUT2D eigenvalue weighted by molar-refractivity contribution is 0.0698. The number of aryl methyl sites for hydroxylation is 1. The van der Waals surface area contributed by atoms with Gasteiger partial charge in [0.1, 0.15) is 0 Å². The zero-order chi connectivity index (χ0) is 10.3. The van der Waals surface area contributed by atoms with Crippen LogP contribution in [0.5, 0.6) is 0 Å². The zero-order valence-electron chi connectivity index (χ0n) is 7.56. The first-order valence-electron chi connectivity index (χ1n) is 4.04. The number of rotatable bonds is 1. The molecule has 14 heavy (non-hydrogen) atoms. The molecule has 0 radical (unpaired) electrons. The van der Waals surface area contributed by atoms with Crippen molar-refractivity contribution in [3.8, 4) is 0 Å². The molecule has 1 heterocycles. The van der Waals surface area contributed by atoms with Crippen LogP contribution in [-0.2, 0) is 7.05 Å². The van der Waals surface area contributed by atoms with E-state index >= 15 is 0 Å². The van der Waals surface area contributed by atoms with Crippen LogP contribution < -0.4 is 5.73 Å². The van der Waals surface area contributed by atoms with E-state index in [1.165, 1.54) is 10.7 Å². The summed E-state index contributed by atoms with van der Waals surface area (Å²) < 4.78 is 1.53. The number of nitrogens with two attached hydrogens (primary N) is 1. The number of fused-ring (bicyclic) bond motifs is 1. The highest BCUT2D eigenvalue weighted by atomic mass is 16.4. The fraction of sp³-hybridized carbons (Fsp3) is 0.111. The van der Waals surface area contributed by atoms with Crippen LogP contribution in [0.25, 0.3) is 10.9 Å². The first-order chi connectivity index (χ1) is 6.59. The second-order valence-corrected chi connectivity index (χ2v) is 3.08. The molecule has 0 saturated carbocycles. The van der Waals surface area contributed by atoms with Crippen molar-refractivity contribution in [2.24, 2.45) is 7.05 Å². The Balaban J connectivity index is 2.90. The number of aromatic nitrogens is 2. The molecular formula is C9H9N3O2. The second kappa shape index (κ2) is 2.73. The summed E-state index contributed by atoms with van der Waals surface area (Å²) in [5.41, 5.74) is 6.77. The predicted molar refractivity (Wildman–Crippen MR) is 52.1 cm³/mol. The molecule has 0 aliphatic heterocycles. The van der Waals surface area contributed by atoms with Crippen LogP contribution in [0, 0.1) is 0 Å². The van der Waals surface area contributed by atoms with E-state index in [9.17, 15) is 4.79 Å². The Morgan fingerprint density at radius 2 is 2.29 bits per heavy atom. The lowest BCUT2D eigenvalue weighted by atomic mass is 10.1. The molecule has 0 fully saturated rings. The van der Waals surface area contributed by atoms with Crippen molar-refractivity contribution in [2.45, 2.75) is 0 Å². The minimum atomic E-state index is -0.995. The Hall–Kier alpha value is -2.04. The number of hydrogen-bond acceptors (Lipinski definition) is 3. The second-order valence-electron chi connectivity index (χ2n) is 3.08. The molecule has 0 amide bonds. The molecule has 0 atom stereocenters. The standard InChI is InChI=1S/C9H9N3O2/c1-12-8-5(4-11-12)2-6(10)3-7(8)9(13)14/h2-4H,10H2,1H3,(H,13,14). The van der Waals surface area contributed by atoms with Gasteiger partial charge in [-0.3, -0.25) is 4.68 Å². The van der Waals surface area contributed by atoms with Gasteiger partial charge in [-0.25, -0.2) is 4.79 Å². The third-order valence-electron chi connectivity index (χ3n) is 2.09. The summed E-state index contributed by atoms with van der Waals surface area (Å²) in [4.78, 5) is 10.9. The van der Waals surface area contributed by atoms with Gasteiger partial charge < -0.3 is 10.8 Å². The van der Waals surface area contributed by atoms with Crippen molar-refractivity contribution in [3.05, 3.63) is 23.9 Å². The first kappa shape index (κ1) is 8.55. The van der Waals surface area contributed by atoms with Gasteiger partial charge in [0.15, 0.2) is 0 Å². The number of aromatic carboxylic acids is 1. The van der Waals surface area contributed by atoms with Gasteiger partial charge >= 0.3 is 5.97 Å². The highest BCUT2D eigenvalue weighted by Crippen LogP contribution is 2.21. The van der Waals surface area contributed by atoms with Crippen molar-refractivity contribution in [1.29, 1.82) is 0 Å². The van der Waals surface area contributed by atoms with Crippen LogP contribution in [0.3, 0.4) is 0 Å². The topological polar surface area (TPSA) is 81.1 Å². The smallest absolute Gasteiger partial charge is 0.337 e. The number of nitrogens with zero attached hydrogens (tertiary/aromatic N) is 2. The molecule has 0 saturated heterocycles. The van der Waals surface area contributed by atoms with E-state index in [2.05, 4.69) is 5.10 Å². The lowest BCUT2D eigenvalue weighted by Gasteiger charge is -2.01. The summed E-state index contributed by atoms with van der Waals surface area (Å²) >= 11 is 0. The molecule has 0 spiro atoms. The summed E-state index contributed by atoms with van der Waals surface area (Å²) in [5, 5.41) is 13.7. The fourth-order valence-corrected chi connectivity index (χ4v) is 1.51. The molecular weight excluding hydrogens is 182 g/mol. The largest absolute Gasteiger partial charge is 0.478 e. The average molecular weight is 191 g/mol. The third kappa shape index (κ3) is 1.10. The van der Waals surface area contributed by atoms with Gasteiger partial charge in [0.2, 0.25) is 0 Å².